The topological polar surface area (TPSA) is 77.0 Å². The van der Waals surface area contributed by atoms with Crippen LogP contribution in [-0.2, 0) is 6.42 Å². The number of guanidine groups is 1. The second-order valence-electron chi connectivity index (χ2n) is 7.62. The molecule has 0 radical (unpaired) electrons. The van der Waals surface area contributed by atoms with E-state index in [-0.39, 0.29) is 24.0 Å². The lowest BCUT2D eigenvalue weighted by Gasteiger charge is -2.15. The van der Waals surface area contributed by atoms with Crippen molar-refractivity contribution in [3.05, 3.63) is 78.6 Å². The summed E-state index contributed by atoms with van der Waals surface area (Å²) < 4.78 is 17.3. The molecule has 1 aliphatic rings. The number of nitrogens with one attached hydrogen (secondary N) is 2. The molecule has 2 heterocycles. The van der Waals surface area contributed by atoms with Gasteiger partial charge in [-0.2, -0.15) is 0 Å². The minimum Gasteiger partial charge on any atom is -0.494 e. The van der Waals surface area contributed by atoms with Gasteiger partial charge in [0.15, 0.2) is 17.5 Å². The average Bonchev–Trinajstić information content (AvgIpc) is 3.10. The molecule has 180 valence electrons. The SMILES string of the molecule is I.c1ccc(OCCCN=C(NCCc2cccnc2)Nc2ccc3c(c2)OCCCO3)cc1. The van der Waals surface area contributed by atoms with E-state index >= 15 is 0 Å². The first-order valence-electron chi connectivity index (χ1n) is 11.4. The average molecular weight is 574 g/mol. The van der Waals surface area contributed by atoms with Gasteiger partial charge in [-0.05, 0) is 42.3 Å². The summed E-state index contributed by atoms with van der Waals surface area (Å²) in [5.74, 6) is 3.12. The molecule has 0 amide bonds. The van der Waals surface area contributed by atoms with Crippen molar-refractivity contribution in [3.63, 3.8) is 0 Å². The van der Waals surface area contributed by atoms with Crippen LogP contribution in [0.1, 0.15) is 18.4 Å². The maximum Gasteiger partial charge on any atom is 0.195 e. The Morgan fingerprint density at radius 3 is 2.68 bits per heavy atom. The van der Waals surface area contributed by atoms with Crippen LogP contribution in [0.2, 0.25) is 0 Å². The van der Waals surface area contributed by atoms with Gasteiger partial charge in [-0.25, -0.2) is 0 Å². The number of para-hydroxylation sites is 1. The first kappa shape index (κ1) is 25.6. The predicted molar refractivity (Wildman–Crippen MR) is 146 cm³/mol. The fraction of sp³-hybridized carbons (Fsp3) is 0.308. The molecule has 0 aliphatic carbocycles. The van der Waals surface area contributed by atoms with Crippen molar-refractivity contribution in [3.8, 4) is 17.2 Å². The van der Waals surface area contributed by atoms with E-state index in [0.717, 1.165) is 48.7 Å². The second-order valence-corrected chi connectivity index (χ2v) is 7.62. The zero-order chi connectivity index (χ0) is 22.6. The summed E-state index contributed by atoms with van der Waals surface area (Å²) >= 11 is 0. The van der Waals surface area contributed by atoms with Gasteiger partial charge in [-0.15, -0.1) is 24.0 Å². The van der Waals surface area contributed by atoms with Crippen molar-refractivity contribution < 1.29 is 14.2 Å². The zero-order valence-electron chi connectivity index (χ0n) is 19.1. The fourth-order valence-electron chi connectivity index (χ4n) is 3.35. The number of aromatic nitrogens is 1. The molecule has 3 aromatic rings. The molecule has 0 spiro atoms. The fourth-order valence-corrected chi connectivity index (χ4v) is 3.35. The van der Waals surface area contributed by atoms with Gasteiger partial charge < -0.3 is 24.8 Å². The molecule has 0 fully saturated rings. The Morgan fingerprint density at radius 1 is 1.00 bits per heavy atom. The number of halogens is 1. The highest BCUT2D eigenvalue weighted by Gasteiger charge is 2.11. The first-order chi connectivity index (χ1) is 16.4. The number of hydrogen-bond donors (Lipinski definition) is 2. The van der Waals surface area contributed by atoms with E-state index in [1.54, 1.807) is 6.20 Å². The highest BCUT2D eigenvalue weighted by Crippen LogP contribution is 2.32. The van der Waals surface area contributed by atoms with Crippen molar-refractivity contribution in [1.82, 2.24) is 10.3 Å². The molecule has 0 saturated carbocycles. The third-order valence-corrected chi connectivity index (χ3v) is 5.02. The second kappa shape index (κ2) is 14.3. The first-order valence-corrected chi connectivity index (χ1v) is 11.4. The molecule has 0 bridgehead atoms. The summed E-state index contributed by atoms with van der Waals surface area (Å²) in [6.45, 7) is 3.32. The van der Waals surface area contributed by atoms with Gasteiger partial charge in [0.05, 0.1) is 19.8 Å². The largest absolute Gasteiger partial charge is 0.494 e. The minimum atomic E-state index is 0. The van der Waals surface area contributed by atoms with Crippen LogP contribution in [0.25, 0.3) is 0 Å². The van der Waals surface area contributed by atoms with Crippen LogP contribution in [0.15, 0.2) is 78.0 Å². The van der Waals surface area contributed by atoms with E-state index in [0.29, 0.717) is 32.3 Å². The van der Waals surface area contributed by atoms with Gasteiger partial charge in [0.25, 0.3) is 0 Å². The van der Waals surface area contributed by atoms with Gasteiger partial charge >= 0.3 is 0 Å². The van der Waals surface area contributed by atoms with Crippen LogP contribution in [0.4, 0.5) is 5.69 Å². The molecule has 1 aromatic heterocycles. The Labute approximate surface area is 218 Å². The van der Waals surface area contributed by atoms with Gasteiger partial charge in [-0.3, -0.25) is 9.98 Å². The van der Waals surface area contributed by atoms with Crippen LogP contribution >= 0.6 is 24.0 Å². The molecule has 34 heavy (non-hydrogen) atoms. The van der Waals surface area contributed by atoms with Gasteiger partial charge in [-0.1, -0.05) is 24.3 Å². The van der Waals surface area contributed by atoms with Crippen LogP contribution in [0, 0.1) is 0 Å². The maximum atomic E-state index is 5.82. The Morgan fingerprint density at radius 2 is 1.85 bits per heavy atom. The van der Waals surface area contributed by atoms with Crippen LogP contribution < -0.4 is 24.8 Å². The Balaban J connectivity index is 0.00000324. The number of nitrogens with zero attached hydrogens (tertiary/aromatic N) is 2. The number of fused-ring (bicyclic) bond motifs is 1. The minimum absolute atomic E-state index is 0. The monoisotopic (exact) mass is 574 g/mol. The van der Waals surface area contributed by atoms with Crippen LogP contribution in [0.3, 0.4) is 0 Å². The molecule has 7 nitrogen and oxygen atoms in total. The summed E-state index contributed by atoms with van der Waals surface area (Å²) in [4.78, 5) is 8.92. The third-order valence-electron chi connectivity index (χ3n) is 5.02. The molecule has 2 N–H and O–H groups in total. The summed E-state index contributed by atoms with van der Waals surface area (Å²) in [6, 6.07) is 19.7. The Kier molecular flexibility index (Phi) is 10.8. The summed E-state index contributed by atoms with van der Waals surface area (Å²) in [6.07, 6.45) is 6.22. The van der Waals surface area contributed by atoms with Crippen LogP contribution in [0.5, 0.6) is 17.2 Å². The summed E-state index contributed by atoms with van der Waals surface area (Å²) in [5.41, 5.74) is 2.07. The summed E-state index contributed by atoms with van der Waals surface area (Å²) in [7, 11) is 0. The zero-order valence-corrected chi connectivity index (χ0v) is 21.4. The van der Waals surface area contributed by atoms with Crippen molar-refractivity contribution in [2.45, 2.75) is 19.3 Å². The van der Waals surface area contributed by atoms with E-state index < -0.39 is 0 Å². The van der Waals surface area contributed by atoms with Crippen molar-refractivity contribution in [1.29, 1.82) is 0 Å². The Hall–Kier alpha value is -3.01. The normalized spacial score (nSPS) is 12.8. The molecule has 8 heteroatoms. The number of aliphatic imine (C=N–C) groups is 1. The lowest BCUT2D eigenvalue weighted by molar-refractivity contribution is 0.297. The van der Waals surface area contributed by atoms with E-state index in [1.807, 2.05) is 60.8 Å². The highest BCUT2D eigenvalue weighted by molar-refractivity contribution is 14.0. The molecule has 0 atom stereocenters. The lowest BCUT2D eigenvalue weighted by atomic mass is 10.2. The standard InChI is InChI=1S/C26H30N4O3.HI/c1-2-8-23(9-3-1)31-16-5-14-28-26(29-15-12-21-7-4-13-27-20-21)30-22-10-11-24-25(19-22)33-18-6-17-32-24;/h1-4,7-11,13,19-20H,5-6,12,14-18H2,(H2,28,29,30);1H. The third kappa shape index (κ3) is 8.40. The number of rotatable bonds is 9. The van der Waals surface area contributed by atoms with E-state index in [1.165, 1.54) is 5.56 Å². The van der Waals surface area contributed by atoms with E-state index in [9.17, 15) is 0 Å². The quantitative estimate of drug-likeness (QED) is 0.163. The van der Waals surface area contributed by atoms with E-state index in [2.05, 4.69) is 21.7 Å². The molecule has 0 unspecified atom stereocenters. The smallest absolute Gasteiger partial charge is 0.195 e. The Bertz CT molecular complexity index is 1020. The van der Waals surface area contributed by atoms with Gasteiger partial charge in [0.2, 0.25) is 0 Å². The number of benzene rings is 2. The molecular formula is C26H31IN4O3. The number of anilines is 1. The maximum absolute atomic E-state index is 5.82. The predicted octanol–water partition coefficient (Wildman–Crippen LogP) is 4.93. The van der Waals surface area contributed by atoms with E-state index in [4.69, 9.17) is 19.2 Å². The molecular weight excluding hydrogens is 543 g/mol. The van der Waals surface area contributed by atoms with Gasteiger partial charge in [0.1, 0.15) is 5.75 Å². The molecule has 4 rings (SSSR count). The number of pyridine rings is 1. The lowest BCUT2D eigenvalue weighted by Crippen LogP contribution is -2.32. The van der Waals surface area contributed by atoms with Crippen molar-refractivity contribution in [2.75, 3.05) is 38.2 Å². The molecule has 1 aliphatic heterocycles. The number of hydrogen-bond acceptors (Lipinski definition) is 5. The van der Waals surface area contributed by atoms with Crippen LogP contribution in [-0.4, -0.2) is 43.9 Å². The highest BCUT2D eigenvalue weighted by atomic mass is 127. The molecule has 0 saturated heterocycles. The van der Waals surface area contributed by atoms with Crippen molar-refractivity contribution in [2.24, 2.45) is 4.99 Å². The number of ether oxygens (including phenoxy) is 3. The summed E-state index contributed by atoms with van der Waals surface area (Å²) in [5, 5.41) is 6.81. The van der Waals surface area contributed by atoms with Crippen molar-refractivity contribution >= 4 is 35.6 Å². The molecule has 2 aromatic carbocycles. The van der Waals surface area contributed by atoms with Gasteiger partial charge in [0, 0.05) is 50.1 Å².